The number of nitrogens with zero attached hydrogens (tertiary/aromatic N) is 1. The van der Waals surface area contributed by atoms with E-state index in [-0.39, 0.29) is 17.6 Å². The molecule has 1 aliphatic rings. The van der Waals surface area contributed by atoms with Gasteiger partial charge in [-0.2, -0.15) is 0 Å². The average molecular weight is 442 g/mol. The SMILES string of the molecule is CC1CCCCN1CCCNC(=O)CSCC(=O)Nc1cccc(Br)c1. The molecule has 2 amide bonds. The summed E-state index contributed by atoms with van der Waals surface area (Å²) in [6, 6.07) is 8.12. The zero-order valence-corrected chi connectivity index (χ0v) is 17.7. The molecule has 0 spiro atoms. The van der Waals surface area contributed by atoms with E-state index < -0.39 is 0 Å². The molecule has 5 nitrogen and oxygen atoms in total. The molecule has 2 N–H and O–H groups in total. The van der Waals surface area contributed by atoms with E-state index in [9.17, 15) is 9.59 Å². The molecule has 0 bridgehead atoms. The van der Waals surface area contributed by atoms with Gasteiger partial charge in [0.15, 0.2) is 0 Å². The summed E-state index contributed by atoms with van der Waals surface area (Å²) in [4.78, 5) is 26.3. The molecule has 144 valence electrons. The van der Waals surface area contributed by atoms with E-state index in [4.69, 9.17) is 0 Å². The number of halogens is 1. The Morgan fingerprint density at radius 3 is 2.85 bits per heavy atom. The Kier molecular flexibility index (Phi) is 9.50. The van der Waals surface area contributed by atoms with Crippen molar-refractivity contribution in [2.24, 2.45) is 0 Å². The van der Waals surface area contributed by atoms with Gasteiger partial charge >= 0.3 is 0 Å². The Bertz CT molecular complexity index is 600. The fraction of sp³-hybridized carbons (Fsp3) is 0.579. The Labute approximate surface area is 168 Å². The molecular formula is C19H28BrN3O2S. The lowest BCUT2D eigenvalue weighted by molar-refractivity contribution is -0.118. The Morgan fingerprint density at radius 1 is 1.27 bits per heavy atom. The second-order valence-electron chi connectivity index (χ2n) is 6.64. The first-order chi connectivity index (χ1) is 12.5. The summed E-state index contributed by atoms with van der Waals surface area (Å²) in [6.45, 7) is 5.21. The lowest BCUT2D eigenvalue weighted by Gasteiger charge is -2.33. The van der Waals surface area contributed by atoms with Gasteiger partial charge in [0.2, 0.25) is 11.8 Å². The third kappa shape index (κ3) is 8.10. The number of carbonyl (C=O) groups excluding carboxylic acids is 2. The number of benzene rings is 1. The van der Waals surface area contributed by atoms with Gasteiger partial charge in [-0.05, 0) is 50.9 Å². The van der Waals surface area contributed by atoms with Crippen LogP contribution < -0.4 is 10.6 Å². The zero-order valence-electron chi connectivity index (χ0n) is 15.3. The number of amides is 2. The van der Waals surface area contributed by atoms with Gasteiger partial charge in [-0.3, -0.25) is 9.59 Å². The fourth-order valence-electron chi connectivity index (χ4n) is 3.05. The van der Waals surface area contributed by atoms with Crippen molar-refractivity contribution in [1.82, 2.24) is 10.2 Å². The third-order valence-corrected chi connectivity index (χ3v) is 5.89. The fourth-order valence-corrected chi connectivity index (χ4v) is 4.10. The average Bonchev–Trinajstić information content (AvgIpc) is 2.60. The van der Waals surface area contributed by atoms with E-state index in [1.54, 1.807) is 0 Å². The van der Waals surface area contributed by atoms with E-state index in [0.29, 0.717) is 18.3 Å². The van der Waals surface area contributed by atoms with Crippen LogP contribution in [0.3, 0.4) is 0 Å². The Morgan fingerprint density at radius 2 is 2.08 bits per heavy atom. The van der Waals surface area contributed by atoms with Gasteiger partial charge in [-0.25, -0.2) is 0 Å². The normalized spacial score (nSPS) is 17.7. The highest BCUT2D eigenvalue weighted by molar-refractivity contribution is 9.10. The first-order valence-electron chi connectivity index (χ1n) is 9.18. The molecule has 1 heterocycles. The summed E-state index contributed by atoms with van der Waals surface area (Å²) in [5, 5.41) is 5.77. The van der Waals surface area contributed by atoms with Crippen molar-refractivity contribution in [3.63, 3.8) is 0 Å². The van der Waals surface area contributed by atoms with Crippen LogP contribution in [0.15, 0.2) is 28.7 Å². The van der Waals surface area contributed by atoms with Crippen molar-refractivity contribution >= 4 is 45.2 Å². The van der Waals surface area contributed by atoms with Crippen LogP contribution in [0.4, 0.5) is 5.69 Å². The summed E-state index contributed by atoms with van der Waals surface area (Å²) >= 11 is 4.70. The number of hydrogen-bond acceptors (Lipinski definition) is 4. The summed E-state index contributed by atoms with van der Waals surface area (Å²) < 4.78 is 0.918. The number of thioether (sulfide) groups is 1. The number of piperidine rings is 1. The minimum absolute atomic E-state index is 0.00283. The first-order valence-corrected chi connectivity index (χ1v) is 11.1. The van der Waals surface area contributed by atoms with Crippen LogP contribution in [0.2, 0.25) is 0 Å². The number of nitrogens with one attached hydrogen (secondary N) is 2. The highest BCUT2D eigenvalue weighted by Gasteiger charge is 2.17. The molecule has 1 unspecified atom stereocenters. The second-order valence-corrected chi connectivity index (χ2v) is 8.54. The lowest BCUT2D eigenvalue weighted by Crippen LogP contribution is -2.39. The minimum Gasteiger partial charge on any atom is -0.355 e. The van der Waals surface area contributed by atoms with Crippen LogP contribution in [-0.4, -0.2) is 53.9 Å². The third-order valence-electron chi connectivity index (χ3n) is 4.46. The maximum Gasteiger partial charge on any atom is 0.234 e. The van der Waals surface area contributed by atoms with Crippen molar-refractivity contribution in [2.45, 2.75) is 38.6 Å². The van der Waals surface area contributed by atoms with Crippen LogP contribution in [0.5, 0.6) is 0 Å². The van der Waals surface area contributed by atoms with Crippen LogP contribution >= 0.6 is 27.7 Å². The van der Waals surface area contributed by atoms with Crippen molar-refractivity contribution in [1.29, 1.82) is 0 Å². The first kappa shape index (κ1) is 21.3. The largest absolute Gasteiger partial charge is 0.355 e. The maximum atomic E-state index is 11.9. The van der Waals surface area contributed by atoms with Gasteiger partial charge in [-0.15, -0.1) is 11.8 Å². The molecule has 1 aromatic carbocycles. The quantitative estimate of drug-likeness (QED) is 0.575. The summed E-state index contributed by atoms with van der Waals surface area (Å²) in [5.41, 5.74) is 0.751. The van der Waals surface area contributed by atoms with E-state index >= 15 is 0 Å². The summed E-state index contributed by atoms with van der Waals surface area (Å²) in [7, 11) is 0. The van der Waals surface area contributed by atoms with Crippen molar-refractivity contribution in [2.75, 3.05) is 36.5 Å². The topological polar surface area (TPSA) is 61.4 Å². The molecule has 1 atom stereocenters. The molecule has 1 fully saturated rings. The van der Waals surface area contributed by atoms with Crippen molar-refractivity contribution in [3.05, 3.63) is 28.7 Å². The van der Waals surface area contributed by atoms with Gasteiger partial charge in [0.25, 0.3) is 0 Å². The van der Waals surface area contributed by atoms with Gasteiger partial charge < -0.3 is 15.5 Å². The van der Waals surface area contributed by atoms with Crippen LogP contribution in [-0.2, 0) is 9.59 Å². The molecular weight excluding hydrogens is 414 g/mol. The predicted molar refractivity (Wildman–Crippen MR) is 113 cm³/mol. The van der Waals surface area contributed by atoms with Crippen LogP contribution in [0, 0.1) is 0 Å². The molecule has 0 aliphatic carbocycles. The van der Waals surface area contributed by atoms with E-state index in [1.807, 2.05) is 24.3 Å². The summed E-state index contributed by atoms with van der Waals surface area (Å²) in [5.74, 6) is 0.481. The van der Waals surface area contributed by atoms with Gasteiger partial charge in [0.05, 0.1) is 11.5 Å². The Balaban J connectivity index is 1.52. The molecule has 7 heteroatoms. The number of likely N-dealkylation sites (tertiary alicyclic amines) is 1. The van der Waals surface area contributed by atoms with E-state index in [0.717, 1.165) is 23.1 Å². The number of anilines is 1. The van der Waals surface area contributed by atoms with Gasteiger partial charge in [-0.1, -0.05) is 28.4 Å². The molecule has 1 aliphatic heterocycles. The second kappa shape index (κ2) is 11.6. The van der Waals surface area contributed by atoms with Crippen molar-refractivity contribution < 1.29 is 9.59 Å². The molecule has 0 aromatic heterocycles. The molecule has 0 saturated carbocycles. The Hall–Kier alpha value is -1.05. The molecule has 26 heavy (non-hydrogen) atoms. The highest BCUT2D eigenvalue weighted by atomic mass is 79.9. The monoisotopic (exact) mass is 441 g/mol. The van der Waals surface area contributed by atoms with Crippen LogP contribution in [0.25, 0.3) is 0 Å². The zero-order chi connectivity index (χ0) is 18.8. The highest BCUT2D eigenvalue weighted by Crippen LogP contribution is 2.17. The van der Waals surface area contributed by atoms with E-state index in [2.05, 4.69) is 38.4 Å². The minimum atomic E-state index is -0.0972. The molecule has 0 radical (unpaired) electrons. The standard InChI is InChI=1S/C19H28BrN3O2S/c1-15-6-2-3-10-23(15)11-5-9-21-18(24)13-26-14-19(25)22-17-8-4-7-16(20)12-17/h4,7-8,12,15H,2-3,5-6,9-11,13-14H2,1H3,(H,21,24)(H,22,25). The molecule has 1 saturated heterocycles. The lowest BCUT2D eigenvalue weighted by atomic mass is 10.0. The maximum absolute atomic E-state index is 11.9. The van der Waals surface area contributed by atoms with Gasteiger partial charge in [0.1, 0.15) is 0 Å². The smallest absolute Gasteiger partial charge is 0.234 e. The van der Waals surface area contributed by atoms with E-state index in [1.165, 1.54) is 37.6 Å². The molecule has 2 rings (SSSR count). The van der Waals surface area contributed by atoms with Gasteiger partial charge in [0, 0.05) is 29.3 Å². The number of carbonyl (C=O) groups is 2. The number of rotatable bonds is 9. The predicted octanol–water partition coefficient (Wildman–Crippen LogP) is 3.50. The molecule has 1 aromatic rings. The van der Waals surface area contributed by atoms with Crippen LogP contribution in [0.1, 0.15) is 32.6 Å². The number of hydrogen-bond donors (Lipinski definition) is 2. The summed E-state index contributed by atoms with van der Waals surface area (Å²) in [6.07, 6.45) is 4.88. The van der Waals surface area contributed by atoms with Crippen molar-refractivity contribution in [3.8, 4) is 0 Å².